The molecule has 1 N–H and O–H groups in total. The lowest BCUT2D eigenvalue weighted by molar-refractivity contribution is -0.137. The minimum absolute atomic E-state index is 0.137. The molecular formula is C17H13F3N4O2. The third kappa shape index (κ3) is 4.05. The number of carbonyl (C=O) groups is 1. The quantitative estimate of drug-likeness (QED) is 0.755. The predicted molar refractivity (Wildman–Crippen MR) is 85.8 cm³/mol. The molecule has 0 radical (unpaired) electrons. The first kappa shape index (κ1) is 17.6. The van der Waals surface area contributed by atoms with Crippen LogP contribution in [-0.4, -0.2) is 25.5 Å². The molecule has 26 heavy (non-hydrogen) atoms. The summed E-state index contributed by atoms with van der Waals surface area (Å²) >= 11 is 0. The molecule has 134 valence electrons. The number of rotatable bonds is 5. The Morgan fingerprint density at radius 2 is 2.00 bits per heavy atom. The number of nitrogens with one attached hydrogen (secondary N) is 1. The molecule has 0 amide bonds. The summed E-state index contributed by atoms with van der Waals surface area (Å²) in [5, 5.41) is 3.93. The van der Waals surface area contributed by atoms with Gasteiger partial charge in [-0.05, 0) is 17.7 Å². The molecule has 3 rings (SSSR count). The molecule has 0 atom stereocenters. The molecule has 2 heterocycles. The fourth-order valence-electron chi connectivity index (χ4n) is 2.41. The van der Waals surface area contributed by atoms with Crippen molar-refractivity contribution < 1.29 is 18.0 Å². The molecule has 6 nitrogen and oxygen atoms in total. The molecule has 9 heteroatoms. The number of benzene rings is 1. The van der Waals surface area contributed by atoms with Crippen LogP contribution in [0.3, 0.4) is 0 Å². The summed E-state index contributed by atoms with van der Waals surface area (Å²) in [7, 11) is 0. The summed E-state index contributed by atoms with van der Waals surface area (Å²) in [6.45, 7) is 0. The van der Waals surface area contributed by atoms with E-state index in [4.69, 9.17) is 0 Å². The van der Waals surface area contributed by atoms with Crippen molar-refractivity contribution in [3.05, 3.63) is 76.0 Å². The first-order chi connectivity index (χ1) is 12.3. The van der Waals surface area contributed by atoms with Crippen LogP contribution in [0, 0.1) is 0 Å². The minimum atomic E-state index is -4.47. The van der Waals surface area contributed by atoms with Crippen molar-refractivity contribution in [2.45, 2.75) is 19.0 Å². The number of Topliss-reactive ketones (excluding diaryl/α,β-unsaturated/α-hetero) is 1. The highest BCUT2D eigenvalue weighted by molar-refractivity contribution is 5.83. The smallest absolute Gasteiger partial charge is 0.299 e. The molecule has 0 saturated heterocycles. The minimum Gasteiger partial charge on any atom is -0.299 e. The lowest BCUT2D eigenvalue weighted by Gasteiger charge is -2.08. The van der Waals surface area contributed by atoms with E-state index in [1.165, 1.54) is 29.2 Å². The standard InChI is InChI=1S/C17H13F3N4O2/c18-17(19,20)13-4-1-3-11(7-13)8-14(25)9-12-10-21-16(23-15(12)26)24-6-2-5-22-24/h1-7,10H,8-9H2,(H,21,23,26). The molecule has 0 unspecified atom stereocenters. The summed E-state index contributed by atoms with van der Waals surface area (Å²) in [5.41, 5.74) is -0.936. The molecule has 0 fully saturated rings. The second kappa shape index (κ2) is 6.95. The normalized spacial score (nSPS) is 11.5. The van der Waals surface area contributed by atoms with E-state index in [-0.39, 0.29) is 35.7 Å². The van der Waals surface area contributed by atoms with Crippen LogP contribution in [0.5, 0.6) is 0 Å². The Hall–Kier alpha value is -3.23. The van der Waals surface area contributed by atoms with Gasteiger partial charge in [0.25, 0.3) is 5.56 Å². The number of aromatic amines is 1. The van der Waals surface area contributed by atoms with E-state index in [9.17, 15) is 22.8 Å². The molecule has 0 aliphatic carbocycles. The van der Waals surface area contributed by atoms with E-state index in [1.54, 1.807) is 12.3 Å². The van der Waals surface area contributed by atoms with Crippen LogP contribution in [0.25, 0.3) is 5.95 Å². The highest BCUT2D eigenvalue weighted by atomic mass is 19.4. The van der Waals surface area contributed by atoms with Crippen LogP contribution < -0.4 is 5.56 Å². The van der Waals surface area contributed by atoms with Crippen LogP contribution in [0.15, 0.2) is 53.7 Å². The van der Waals surface area contributed by atoms with Crippen LogP contribution in [0.1, 0.15) is 16.7 Å². The van der Waals surface area contributed by atoms with Gasteiger partial charge in [-0.3, -0.25) is 14.6 Å². The van der Waals surface area contributed by atoms with Gasteiger partial charge in [0, 0.05) is 37.0 Å². The molecule has 0 aliphatic rings. The topological polar surface area (TPSA) is 80.6 Å². The van der Waals surface area contributed by atoms with Gasteiger partial charge in [-0.15, -0.1) is 0 Å². The molecule has 0 bridgehead atoms. The van der Waals surface area contributed by atoms with Gasteiger partial charge < -0.3 is 0 Å². The Morgan fingerprint density at radius 1 is 1.19 bits per heavy atom. The van der Waals surface area contributed by atoms with Gasteiger partial charge in [0.1, 0.15) is 5.78 Å². The maximum Gasteiger partial charge on any atom is 0.416 e. The van der Waals surface area contributed by atoms with Crippen LogP contribution >= 0.6 is 0 Å². The Bertz CT molecular complexity index is 978. The summed E-state index contributed by atoms with van der Waals surface area (Å²) in [6.07, 6.45) is -0.520. The Morgan fingerprint density at radius 3 is 2.65 bits per heavy atom. The predicted octanol–water partition coefficient (Wildman–Crippen LogP) is 2.33. The average molecular weight is 362 g/mol. The molecule has 0 spiro atoms. The van der Waals surface area contributed by atoms with Crippen LogP contribution in [0.2, 0.25) is 0 Å². The fourth-order valence-corrected chi connectivity index (χ4v) is 2.41. The van der Waals surface area contributed by atoms with Gasteiger partial charge in [-0.2, -0.15) is 18.3 Å². The SMILES string of the molecule is O=C(Cc1cccc(C(F)(F)F)c1)Cc1cnc(-n2cccn2)[nH]c1=O. The molecule has 0 aliphatic heterocycles. The zero-order valence-corrected chi connectivity index (χ0v) is 13.3. The van der Waals surface area contributed by atoms with Crippen LogP contribution in [-0.2, 0) is 23.8 Å². The number of hydrogen-bond donors (Lipinski definition) is 1. The monoisotopic (exact) mass is 362 g/mol. The summed E-state index contributed by atoms with van der Waals surface area (Å²) < 4.78 is 39.5. The summed E-state index contributed by atoms with van der Waals surface area (Å²) in [4.78, 5) is 30.7. The van der Waals surface area contributed by atoms with Gasteiger partial charge in [0.2, 0.25) is 5.95 Å². The van der Waals surface area contributed by atoms with E-state index in [0.29, 0.717) is 0 Å². The number of nitrogens with zero attached hydrogens (tertiary/aromatic N) is 3. The largest absolute Gasteiger partial charge is 0.416 e. The van der Waals surface area contributed by atoms with Crippen molar-refractivity contribution in [2.75, 3.05) is 0 Å². The zero-order valence-electron chi connectivity index (χ0n) is 13.3. The van der Waals surface area contributed by atoms with Gasteiger partial charge in [-0.1, -0.05) is 18.2 Å². The second-order valence-electron chi connectivity index (χ2n) is 5.60. The van der Waals surface area contributed by atoms with Gasteiger partial charge in [-0.25, -0.2) is 9.67 Å². The number of aromatic nitrogens is 4. The van der Waals surface area contributed by atoms with Crippen molar-refractivity contribution in [1.29, 1.82) is 0 Å². The second-order valence-corrected chi connectivity index (χ2v) is 5.60. The molecule has 0 saturated carbocycles. The molecule has 2 aromatic heterocycles. The van der Waals surface area contributed by atoms with Crippen molar-refractivity contribution in [2.24, 2.45) is 0 Å². The summed E-state index contributed by atoms with van der Waals surface area (Å²) in [6, 6.07) is 6.22. The summed E-state index contributed by atoms with van der Waals surface area (Å²) in [5.74, 6) is -0.183. The maximum absolute atomic E-state index is 12.7. The highest BCUT2D eigenvalue weighted by Gasteiger charge is 2.30. The zero-order chi connectivity index (χ0) is 18.7. The maximum atomic E-state index is 12.7. The number of halogens is 3. The third-order valence-electron chi connectivity index (χ3n) is 3.62. The Kier molecular flexibility index (Phi) is 4.70. The van der Waals surface area contributed by atoms with E-state index in [2.05, 4.69) is 15.1 Å². The molecular weight excluding hydrogens is 349 g/mol. The van der Waals surface area contributed by atoms with E-state index in [0.717, 1.165) is 12.1 Å². The van der Waals surface area contributed by atoms with Gasteiger partial charge in [0.15, 0.2) is 0 Å². The Balaban J connectivity index is 1.72. The van der Waals surface area contributed by atoms with Gasteiger partial charge in [0.05, 0.1) is 5.56 Å². The van der Waals surface area contributed by atoms with Crippen molar-refractivity contribution in [1.82, 2.24) is 19.7 Å². The van der Waals surface area contributed by atoms with Gasteiger partial charge >= 0.3 is 6.18 Å². The average Bonchev–Trinajstić information content (AvgIpc) is 3.10. The first-order valence-electron chi connectivity index (χ1n) is 7.59. The number of carbonyl (C=O) groups excluding carboxylic acids is 1. The molecule has 1 aromatic carbocycles. The lowest BCUT2D eigenvalue weighted by atomic mass is 10.0. The number of H-pyrrole nitrogens is 1. The Labute approximate surface area is 145 Å². The van der Waals surface area contributed by atoms with E-state index < -0.39 is 17.3 Å². The molecule has 3 aromatic rings. The number of ketones is 1. The van der Waals surface area contributed by atoms with Crippen molar-refractivity contribution in [3.8, 4) is 5.95 Å². The number of alkyl halides is 3. The van der Waals surface area contributed by atoms with Crippen molar-refractivity contribution in [3.63, 3.8) is 0 Å². The highest BCUT2D eigenvalue weighted by Crippen LogP contribution is 2.29. The van der Waals surface area contributed by atoms with Crippen LogP contribution in [0.4, 0.5) is 13.2 Å². The first-order valence-corrected chi connectivity index (χ1v) is 7.59. The lowest BCUT2D eigenvalue weighted by Crippen LogP contribution is -2.20. The van der Waals surface area contributed by atoms with E-state index >= 15 is 0 Å². The third-order valence-corrected chi connectivity index (χ3v) is 3.62. The van der Waals surface area contributed by atoms with Crippen molar-refractivity contribution >= 4 is 5.78 Å². The van der Waals surface area contributed by atoms with E-state index in [1.807, 2.05) is 0 Å². The number of hydrogen-bond acceptors (Lipinski definition) is 4. The fraction of sp³-hybridized carbons (Fsp3) is 0.176.